The van der Waals surface area contributed by atoms with Crippen LogP contribution in [0.15, 0.2) is 30.3 Å². The van der Waals surface area contributed by atoms with Gasteiger partial charge < -0.3 is 10.5 Å². The lowest BCUT2D eigenvalue weighted by atomic mass is 9.98. The van der Waals surface area contributed by atoms with Crippen molar-refractivity contribution in [2.45, 2.75) is 18.9 Å². The number of piperidine rings is 1. The van der Waals surface area contributed by atoms with Crippen molar-refractivity contribution in [3.8, 4) is 0 Å². The molecule has 1 aromatic rings. The molecule has 1 amide bonds. The first-order valence-corrected chi connectivity index (χ1v) is 9.59. The van der Waals surface area contributed by atoms with Crippen molar-refractivity contribution < 1.29 is 17.9 Å². The van der Waals surface area contributed by atoms with Crippen LogP contribution < -0.4 is 5.73 Å². The molecule has 2 saturated heterocycles. The van der Waals surface area contributed by atoms with E-state index in [4.69, 9.17) is 10.5 Å². The summed E-state index contributed by atoms with van der Waals surface area (Å²) in [6.07, 6.45) is 0.722. The molecule has 1 aromatic carbocycles. The van der Waals surface area contributed by atoms with Crippen molar-refractivity contribution in [3.05, 3.63) is 35.9 Å². The maximum absolute atomic E-state index is 12.9. The van der Waals surface area contributed by atoms with E-state index in [9.17, 15) is 13.2 Å². The third-order valence-corrected chi connectivity index (χ3v) is 6.71. The number of benzene rings is 1. The number of hydrogen-bond acceptors (Lipinski definition) is 4. The number of nitrogens with zero attached hydrogens (tertiary/aromatic N) is 2. The Bertz CT molecular complexity index is 672. The molecule has 2 heterocycles. The summed E-state index contributed by atoms with van der Waals surface area (Å²) in [6, 6.07) is 9.64. The van der Waals surface area contributed by atoms with Crippen LogP contribution in [0.3, 0.4) is 0 Å². The lowest BCUT2D eigenvalue weighted by molar-refractivity contribution is -0.122. The van der Waals surface area contributed by atoms with Crippen molar-refractivity contribution in [1.29, 1.82) is 0 Å². The number of primary amides is 1. The number of ether oxygens (including phenoxy) is 1. The first kappa shape index (κ1) is 17.3. The van der Waals surface area contributed by atoms with Crippen molar-refractivity contribution in [3.63, 3.8) is 0 Å². The Morgan fingerprint density at radius 3 is 2.38 bits per heavy atom. The number of nitrogens with two attached hydrogens (primary N) is 1. The Labute approximate surface area is 142 Å². The van der Waals surface area contributed by atoms with Gasteiger partial charge in [0, 0.05) is 32.1 Å². The average molecular weight is 353 g/mol. The second kappa shape index (κ2) is 7.18. The van der Waals surface area contributed by atoms with Crippen LogP contribution in [0.2, 0.25) is 0 Å². The van der Waals surface area contributed by atoms with Gasteiger partial charge in [-0.05, 0) is 18.4 Å². The van der Waals surface area contributed by atoms with Crippen molar-refractivity contribution in [2.24, 2.45) is 11.7 Å². The maximum atomic E-state index is 12.9. The number of rotatable bonds is 4. The minimum atomic E-state index is -3.54. The first-order chi connectivity index (χ1) is 11.5. The van der Waals surface area contributed by atoms with E-state index in [1.54, 1.807) is 0 Å². The van der Waals surface area contributed by atoms with Gasteiger partial charge in [0.2, 0.25) is 5.91 Å². The van der Waals surface area contributed by atoms with Crippen LogP contribution in [0.5, 0.6) is 0 Å². The second-order valence-corrected chi connectivity index (χ2v) is 8.14. The molecule has 0 aliphatic carbocycles. The summed E-state index contributed by atoms with van der Waals surface area (Å²) < 4.78 is 34.4. The quantitative estimate of drug-likeness (QED) is 0.853. The molecule has 0 aromatic heterocycles. The highest BCUT2D eigenvalue weighted by Gasteiger charge is 2.37. The Morgan fingerprint density at radius 1 is 1.08 bits per heavy atom. The minimum Gasteiger partial charge on any atom is -0.371 e. The zero-order valence-electron chi connectivity index (χ0n) is 13.5. The van der Waals surface area contributed by atoms with Crippen molar-refractivity contribution >= 4 is 16.1 Å². The van der Waals surface area contributed by atoms with Gasteiger partial charge in [-0.15, -0.1) is 0 Å². The van der Waals surface area contributed by atoms with E-state index >= 15 is 0 Å². The zero-order valence-corrected chi connectivity index (χ0v) is 14.3. The van der Waals surface area contributed by atoms with Crippen LogP contribution >= 0.6 is 0 Å². The Balaban J connectivity index is 1.67. The molecule has 132 valence electrons. The van der Waals surface area contributed by atoms with Crippen LogP contribution in [0.25, 0.3) is 0 Å². The molecule has 24 heavy (non-hydrogen) atoms. The van der Waals surface area contributed by atoms with E-state index in [0.29, 0.717) is 45.6 Å². The largest absolute Gasteiger partial charge is 0.371 e. The molecule has 0 saturated carbocycles. The Kier molecular flexibility index (Phi) is 5.19. The molecular formula is C16H23N3O4S. The van der Waals surface area contributed by atoms with Gasteiger partial charge >= 0.3 is 0 Å². The minimum absolute atomic E-state index is 0.224. The summed E-state index contributed by atoms with van der Waals surface area (Å²) in [7, 11) is -3.54. The smallest absolute Gasteiger partial charge is 0.282 e. The SMILES string of the molecule is NC(=O)C1CCN(S(=O)(=O)N2CCO[C@@H](c3ccccc3)C2)CC1. The molecular weight excluding hydrogens is 330 g/mol. The molecule has 0 spiro atoms. The molecule has 2 N–H and O–H groups in total. The van der Waals surface area contributed by atoms with Gasteiger partial charge in [-0.2, -0.15) is 17.0 Å². The fourth-order valence-electron chi connectivity index (χ4n) is 3.24. The van der Waals surface area contributed by atoms with Gasteiger partial charge in [0.1, 0.15) is 0 Å². The number of morpholine rings is 1. The summed E-state index contributed by atoms with van der Waals surface area (Å²) in [5.41, 5.74) is 6.29. The molecule has 8 heteroatoms. The van der Waals surface area contributed by atoms with E-state index < -0.39 is 10.2 Å². The van der Waals surface area contributed by atoms with Gasteiger partial charge in [-0.3, -0.25) is 4.79 Å². The molecule has 2 aliphatic heterocycles. The van der Waals surface area contributed by atoms with Crippen LogP contribution in [0.4, 0.5) is 0 Å². The second-order valence-electron chi connectivity index (χ2n) is 6.21. The molecule has 0 radical (unpaired) electrons. The van der Waals surface area contributed by atoms with Gasteiger partial charge in [0.15, 0.2) is 0 Å². The summed E-state index contributed by atoms with van der Waals surface area (Å²) in [6.45, 7) is 1.70. The van der Waals surface area contributed by atoms with E-state index in [1.807, 2.05) is 30.3 Å². The van der Waals surface area contributed by atoms with Crippen molar-refractivity contribution in [1.82, 2.24) is 8.61 Å². The zero-order chi connectivity index (χ0) is 17.2. The molecule has 0 unspecified atom stereocenters. The van der Waals surface area contributed by atoms with Gasteiger partial charge in [0.25, 0.3) is 10.2 Å². The number of carbonyl (C=O) groups excluding carboxylic acids is 1. The van der Waals surface area contributed by atoms with Crippen LogP contribution in [0.1, 0.15) is 24.5 Å². The summed E-state index contributed by atoms with van der Waals surface area (Å²) in [5, 5.41) is 0. The number of carbonyl (C=O) groups is 1. The molecule has 1 atom stereocenters. The summed E-state index contributed by atoms with van der Waals surface area (Å²) in [4.78, 5) is 11.2. The van der Waals surface area contributed by atoms with Crippen LogP contribution in [0, 0.1) is 5.92 Å². The molecule has 7 nitrogen and oxygen atoms in total. The summed E-state index contributed by atoms with van der Waals surface area (Å²) >= 11 is 0. The Hall–Kier alpha value is -1.48. The molecule has 0 bridgehead atoms. The molecule has 2 aliphatic rings. The van der Waals surface area contributed by atoms with E-state index in [-0.39, 0.29) is 17.9 Å². The van der Waals surface area contributed by atoms with E-state index in [2.05, 4.69) is 0 Å². The van der Waals surface area contributed by atoms with E-state index in [0.717, 1.165) is 5.56 Å². The van der Waals surface area contributed by atoms with E-state index in [1.165, 1.54) is 8.61 Å². The highest BCUT2D eigenvalue weighted by molar-refractivity contribution is 7.86. The first-order valence-electron chi connectivity index (χ1n) is 8.19. The van der Waals surface area contributed by atoms with Gasteiger partial charge in [0.05, 0.1) is 12.7 Å². The predicted molar refractivity (Wildman–Crippen MR) is 89.1 cm³/mol. The molecule has 2 fully saturated rings. The lowest BCUT2D eigenvalue weighted by Crippen LogP contribution is -2.51. The average Bonchev–Trinajstić information content (AvgIpc) is 2.62. The topological polar surface area (TPSA) is 92.9 Å². The normalized spacial score (nSPS) is 24.8. The van der Waals surface area contributed by atoms with Crippen LogP contribution in [-0.2, 0) is 19.7 Å². The highest BCUT2D eigenvalue weighted by Crippen LogP contribution is 2.27. The monoisotopic (exact) mass is 353 g/mol. The maximum Gasteiger partial charge on any atom is 0.282 e. The third kappa shape index (κ3) is 3.61. The Morgan fingerprint density at radius 2 is 1.75 bits per heavy atom. The predicted octanol–water partition coefficient (Wildman–Crippen LogP) is 0.502. The molecule has 3 rings (SSSR count). The lowest BCUT2D eigenvalue weighted by Gasteiger charge is -2.37. The third-order valence-electron chi connectivity index (χ3n) is 4.71. The number of amides is 1. The van der Waals surface area contributed by atoms with Crippen molar-refractivity contribution in [2.75, 3.05) is 32.8 Å². The highest BCUT2D eigenvalue weighted by atomic mass is 32.2. The fraction of sp³-hybridized carbons (Fsp3) is 0.562. The van der Waals surface area contributed by atoms with Crippen LogP contribution in [-0.4, -0.2) is 55.7 Å². The number of hydrogen-bond donors (Lipinski definition) is 1. The van der Waals surface area contributed by atoms with Gasteiger partial charge in [-0.25, -0.2) is 0 Å². The fourth-order valence-corrected chi connectivity index (χ4v) is 4.87. The van der Waals surface area contributed by atoms with Gasteiger partial charge in [-0.1, -0.05) is 30.3 Å². The summed E-state index contributed by atoms with van der Waals surface area (Å²) in [5.74, 6) is -0.569. The standard InChI is InChI=1S/C16H23N3O4S/c17-16(20)14-6-8-18(9-7-14)24(21,22)19-10-11-23-15(12-19)13-4-2-1-3-5-13/h1-5,14-15H,6-12H2,(H2,17,20)/t15-/m1/s1.